The number of alkyl halides is 6. The van der Waals surface area contributed by atoms with E-state index in [1.165, 1.54) is 0 Å². The highest BCUT2D eigenvalue weighted by Crippen LogP contribution is 2.27. The SMILES string of the molecule is O=C(NN(C(=O)OCC(Cl)(Cl)Cl)C1C=CCCC1)OCC(Cl)(Cl)Cl. The minimum absolute atomic E-state index is 0.443. The number of halogens is 6. The number of allylic oxidation sites excluding steroid dienone is 1. The van der Waals surface area contributed by atoms with Crippen molar-refractivity contribution in [1.82, 2.24) is 10.4 Å². The molecule has 0 saturated carbocycles. The van der Waals surface area contributed by atoms with Crippen molar-refractivity contribution in [3.8, 4) is 0 Å². The zero-order chi connectivity index (χ0) is 18.4. The van der Waals surface area contributed by atoms with Crippen LogP contribution in [0, 0.1) is 0 Å². The van der Waals surface area contributed by atoms with E-state index in [4.69, 9.17) is 79.1 Å². The fourth-order valence-corrected chi connectivity index (χ4v) is 2.09. The van der Waals surface area contributed by atoms with Gasteiger partial charge in [0.1, 0.15) is 13.2 Å². The van der Waals surface area contributed by atoms with Gasteiger partial charge in [0.2, 0.25) is 7.59 Å². The summed E-state index contributed by atoms with van der Waals surface area (Å²) >= 11 is 33.1. The normalized spacial score (nSPS) is 18.0. The highest BCUT2D eigenvalue weighted by Gasteiger charge is 2.30. The number of hydrogen-bond donors (Lipinski definition) is 1. The average Bonchev–Trinajstić information content (AvgIpc) is 2.47. The molecule has 0 fully saturated rings. The van der Waals surface area contributed by atoms with Gasteiger partial charge in [-0.1, -0.05) is 81.8 Å². The van der Waals surface area contributed by atoms with Gasteiger partial charge in [0.05, 0.1) is 6.04 Å². The van der Waals surface area contributed by atoms with Crippen LogP contribution < -0.4 is 5.43 Å². The van der Waals surface area contributed by atoms with Crippen molar-refractivity contribution in [2.45, 2.75) is 32.9 Å². The first-order chi connectivity index (χ1) is 11.0. The third-order valence-corrected chi connectivity index (χ3v) is 3.35. The highest BCUT2D eigenvalue weighted by atomic mass is 35.6. The van der Waals surface area contributed by atoms with Crippen LogP contribution in [-0.4, -0.2) is 44.0 Å². The Hall–Kier alpha value is 0.0200. The summed E-state index contributed by atoms with van der Waals surface area (Å²) in [5.74, 6) is 0. The molecule has 2 amide bonds. The highest BCUT2D eigenvalue weighted by molar-refractivity contribution is 6.68. The van der Waals surface area contributed by atoms with Gasteiger partial charge in [0, 0.05) is 0 Å². The smallest absolute Gasteiger partial charge is 0.429 e. The molecule has 0 radical (unpaired) electrons. The molecule has 6 nitrogen and oxygen atoms in total. The van der Waals surface area contributed by atoms with Crippen LogP contribution in [0.5, 0.6) is 0 Å². The van der Waals surface area contributed by atoms with Crippen molar-refractivity contribution in [2.75, 3.05) is 13.2 Å². The van der Waals surface area contributed by atoms with E-state index in [0.717, 1.165) is 17.9 Å². The van der Waals surface area contributed by atoms with Gasteiger partial charge in [-0.05, 0) is 19.3 Å². The summed E-state index contributed by atoms with van der Waals surface area (Å²) in [7, 11) is 0. The van der Waals surface area contributed by atoms with Crippen LogP contribution in [0.4, 0.5) is 9.59 Å². The molecular weight excluding hydrogens is 449 g/mol. The van der Waals surface area contributed by atoms with E-state index in [0.29, 0.717) is 6.42 Å². The lowest BCUT2D eigenvalue weighted by Crippen LogP contribution is -2.52. The first-order valence-electron chi connectivity index (χ1n) is 6.67. The molecule has 0 aromatic carbocycles. The number of carbonyl (C=O) groups excluding carboxylic acids is 2. The maximum Gasteiger partial charge on any atom is 0.429 e. The molecule has 0 saturated heterocycles. The first kappa shape index (κ1) is 22.1. The average molecular weight is 463 g/mol. The summed E-state index contributed by atoms with van der Waals surface area (Å²) in [5, 5.41) is 0.937. The Bertz CT molecular complexity index is 477. The fraction of sp³-hybridized carbons (Fsp3) is 0.667. The number of ether oxygens (including phenoxy) is 2. The van der Waals surface area contributed by atoms with Gasteiger partial charge in [0.15, 0.2) is 0 Å². The topological polar surface area (TPSA) is 67.9 Å². The predicted molar refractivity (Wildman–Crippen MR) is 95.0 cm³/mol. The van der Waals surface area contributed by atoms with Crippen molar-refractivity contribution >= 4 is 81.8 Å². The molecule has 1 rings (SSSR count). The Labute approximate surface area is 169 Å². The van der Waals surface area contributed by atoms with E-state index in [9.17, 15) is 9.59 Å². The van der Waals surface area contributed by atoms with Crippen LogP contribution in [0.3, 0.4) is 0 Å². The van der Waals surface area contributed by atoms with Crippen molar-refractivity contribution in [3.63, 3.8) is 0 Å². The van der Waals surface area contributed by atoms with Gasteiger partial charge in [-0.2, -0.15) is 0 Å². The second kappa shape index (κ2) is 9.64. The summed E-state index contributed by atoms with van der Waals surface area (Å²) in [6, 6.07) is -0.443. The van der Waals surface area contributed by atoms with Gasteiger partial charge in [-0.3, -0.25) is 0 Å². The number of carbonyl (C=O) groups is 2. The Kier molecular flexibility index (Phi) is 8.87. The lowest BCUT2D eigenvalue weighted by molar-refractivity contribution is 0.0585. The fourth-order valence-electron chi connectivity index (χ4n) is 1.76. The van der Waals surface area contributed by atoms with E-state index < -0.39 is 39.0 Å². The summed E-state index contributed by atoms with van der Waals surface area (Å²) < 4.78 is 6.05. The molecule has 1 unspecified atom stereocenters. The van der Waals surface area contributed by atoms with Crippen molar-refractivity contribution in [1.29, 1.82) is 0 Å². The number of amides is 2. The lowest BCUT2D eigenvalue weighted by Gasteiger charge is -2.30. The van der Waals surface area contributed by atoms with Crippen LogP contribution in [0.25, 0.3) is 0 Å². The van der Waals surface area contributed by atoms with E-state index in [-0.39, 0.29) is 0 Å². The third-order valence-electron chi connectivity index (χ3n) is 2.70. The molecule has 24 heavy (non-hydrogen) atoms. The number of rotatable bonds is 3. The van der Waals surface area contributed by atoms with Crippen LogP contribution in [0.15, 0.2) is 12.2 Å². The zero-order valence-corrected chi connectivity index (χ0v) is 16.7. The first-order valence-corrected chi connectivity index (χ1v) is 8.94. The maximum atomic E-state index is 12.2. The Morgan fingerprint density at radius 3 is 2.17 bits per heavy atom. The third kappa shape index (κ3) is 9.49. The Morgan fingerprint density at radius 2 is 1.67 bits per heavy atom. The molecule has 1 N–H and O–H groups in total. The van der Waals surface area contributed by atoms with E-state index in [1.54, 1.807) is 6.08 Å². The number of hydrogen-bond acceptors (Lipinski definition) is 4. The molecule has 0 bridgehead atoms. The standard InChI is InChI=1S/C12H14Cl6N2O4/c13-11(14,15)6-23-9(21)19-20(8-4-2-1-3-5-8)10(22)24-7-12(16,17)18/h2,4,8H,1,3,5-7H2,(H,19,21). The Morgan fingerprint density at radius 1 is 1.08 bits per heavy atom. The minimum atomic E-state index is -1.78. The summed E-state index contributed by atoms with van der Waals surface area (Å²) in [6.45, 7) is -0.991. The molecule has 12 heteroatoms. The van der Waals surface area contributed by atoms with E-state index >= 15 is 0 Å². The summed E-state index contributed by atoms with van der Waals surface area (Å²) in [6.07, 6.45) is 4.00. The molecule has 1 atom stereocenters. The minimum Gasteiger partial charge on any atom is -0.444 e. The van der Waals surface area contributed by atoms with Crippen LogP contribution >= 0.6 is 69.6 Å². The second-order valence-electron chi connectivity index (χ2n) is 4.77. The molecule has 1 aliphatic rings. The van der Waals surface area contributed by atoms with E-state index in [2.05, 4.69) is 5.43 Å². The van der Waals surface area contributed by atoms with Gasteiger partial charge in [0.25, 0.3) is 0 Å². The monoisotopic (exact) mass is 460 g/mol. The molecule has 138 valence electrons. The molecule has 0 aromatic heterocycles. The maximum absolute atomic E-state index is 12.2. The van der Waals surface area contributed by atoms with Crippen LogP contribution in [0.1, 0.15) is 19.3 Å². The number of nitrogens with zero attached hydrogens (tertiary/aromatic N) is 1. The van der Waals surface area contributed by atoms with Crippen molar-refractivity contribution < 1.29 is 19.1 Å². The van der Waals surface area contributed by atoms with Gasteiger partial charge < -0.3 is 9.47 Å². The van der Waals surface area contributed by atoms with Crippen LogP contribution in [-0.2, 0) is 9.47 Å². The van der Waals surface area contributed by atoms with Gasteiger partial charge in [-0.15, -0.1) is 0 Å². The molecule has 0 spiro atoms. The molecule has 0 aliphatic heterocycles. The van der Waals surface area contributed by atoms with Crippen LogP contribution in [0.2, 0.25) is 0 Å². The lowest BCUT2D eigenvalue weighted by atomic mass is 10.0. The number of nitrogens with one attached hydrogen (secondary N) is 1. The molecule has 1 aliphatic carbocycles. The quantitative estimate of drug-likeness (QED) is 0.367. The predicted octanol–water partition coefficient (Wildman–Crippen LogP) is 4.92. The van der Waals surface area contributed by atoms with E-state index in [1.807, 2.05) is 6.08 Å². The van der Waals surface area contributed by atoms with Gasteiger partial charge >= 0.3 is 12.2 Å². The largest absolute Gasteiger partial charge is 0.444 e. The molecule has 0 aromatic rings. The molecular formula is C12H14Cl6N2O4. The Balaban J connectivity index is 2.70. The summed E-state index contributed by atoms with van der Waals surface area (Å²) in [5.41, 5.74) is 2.24. The van der Waals surface area contributed by atoms with Gasteiger partial charge in [-0.25, -0.2) is 20.0 Å². The second-order valence-corrected chi connectivity index (χ2v) is 9.80. The molecule has 0 heterocycles. The summed E-state index contributed by atoms with van der Waals surface area (Å²) in [4.78, 5) is 24.0. The van der Waals surface area contributed by atoms with Crippen molar-refractivity contribution in [2.24, 2.45) is 0 Å². The zero-order valence-electron chi connectivity index (χ0n) is 12.1. The van der Waals surface area contributed by atoms with Crippen molar-refractivity contribution in [3.05, 3.63) is 12.2 Å². The number of hydrazine groups is 1.